The first-order valence-electron chi connectivity index (χ1n) is 9.82. The van der Waals surface area contributed by atoms with E-state index in [9.17, 15) is 9.59 Å². The lowest BCUT2D eigenvalue weighted by atomic mass is 10.1. The molecule has 0 aliphatic rings. The molecule has 0 bridgehead atoms. The summed E-state index contributed by atoms with van der Waals surface area (Å²) in [5.74, 6) is -0.187. The van der Waals surface area contributed by atoms with Gasteiger partial charge in [-0.3, -0.25) is 4.79 Å². The van der Waals surface area contributed by atoms with Crippen molar-refractivity contribution in [3.8, 4) is 0 Å². The highest BCUT2D eigenvalue weighted by molar-refractivity contribution is 7.20. The largest absolute Gasteiger partial charge is 0.462 e. The Balaban J connectivity index is 1.96. The SMILES string of the molecule is CCOC(=O)c1sc2nc(/C(Cl)=C/c3ccc(N(CC)CC)cc3)[nH]c(=O)c2c1C. The molecule has 158 valence electrons. The van der Waals surface area contributed by atoms with Crippen molar-refractivity contribution in [1.82, 2.24) is 9.97 Å². The molecule has 2 heterocycles. The molecule has 3 rings (SSSR count). The molecule has 0 saturated heterocycles. The van der Waals surface area contributed by atoms with Crippen molar-refractivity contribution in [2.45, 2.75) is 27.7 Å². The molecular weight excluding hydrogens is 422 g/mol. The van der Waals surface area contributed by atoms with Crippen LogP contribution in [-0.4, -0.2) is 35.6 Å². The zero-order chi connectivity index (χ0) is 21.8. The first-order valence-corrected chi connectivity index (χ1v) is 11.0. The number of rotatable bonds is 7. The number of aromatic nitrogens is 2. The van der Waals surface area contributed by atoms with Crippen LogP contribution in [-0.2, 0) is 4.74 Å². The molecule has 0 amide bonds. The predicted octanol–water partition coefficient (Wildman–Crippen LogP) is 5.05. The zero-order valence-corrected chi connectivity index (χ0v) is 19.0. The number of nitrogens with zero attached hydrogens (tertiary/aromatic N) is 2. The molecule has 30 heavy (non-hydrogen) atoms. The molecule has 0 spiro atoms. The third-order valence-electron chi connectivity index (χ3n) is 4.80. The van der Waals surface area contributed by atoms with Gasteiger partial charge in [0.2, 0.25) is 0 Å². The van der Waals surface area contributed by atoms with Crippen LogP contribution < -0.4 is 10.5 Å². The average Bonchev–Trinajstić information content (AvgIpc) is 3.07. The maximum absolute atomic E-state index is 12.6. The van der Waals surface area contributed by atoms with Gasteiger partial charge < -0.3 is 14.6 Å². The summed E-state index contributed by atoms with van der Waals surface area (Å²) in [7, 11) is 0. The number of anilines is 1. The Bertz CT molecular complexity index is 1140. The number of hydrogen-bond donors (Lipinski definition) is 1. The number of H-pyrrole nitrogens is 1. The normalized spacial score (nSPS) is 11.7. The number of hydrogen-bond acceptors (Lipinski definition) is 6. The maximum atomic E-state index is 12.6. The number of carbonyl (C=O) groups excluding carboxylic acids is 1. The third-order valence-corrected chi connectivity index (χ3v) is 6.26. The number of thiophene rings is 1. The molecule has 1 aromatic carbocycles. The molecule has 3 aromatic rings. The van der Waals surface area contributed by atoms with Gasteiger partial charge in [-0.15, -0.1) is 11.3 Å². The van der Waals surface area contributed by atoms with Crippen LogP contribution in [0.3, 0.4) is 0 Å². The fourth-order valence-corrected chi connectivity index (χ4v) is 4.52. The molecule has 0 fully saturated rings. The third kappa shape index (κ3) is 4.42. The molecular formula is C22H24ClN3O3S. The van der Waals surface area contributed by atoms with E-state index < -0.39 is 5.97 Å². The van der Waals surface area contributed by atoms with Crippen LogP contribution >= 0.6 is 22.9 Å². The smallest absolute Gasteiger partial charge is 0.348 e. The van der Waals surface area contributed by atoms with E-state index in [2.05, 4.69) is 28.7 Å². The Kier molecular flexibility index (Phi) is 6.95. The van der Waals surface area contributed by atoms with Gasteiger partial charge in [-0.05, 0) is 57.0 Å². The summed E-state index contributed by atoms with van der Waals surface area (Å²) in [6.07, 6.45) is 1.75. The predicted molar refractivity (Wildman–Crippen MR) is 125 cm³/mol. The van der Waals surface area contributed by atoms with Crippen LogP contribution in [0.1, 0.15) is 47.4 Å². The standard InChI is InChI=1S/C22H24ClN3O3S/c1-5-26(6-2)15-10-8-14(9-11-15)12-16(23)19-24-20(27)17-13(4)18(22(28)29-7-3)30-21(17)25-19/h8-12H,5-7H2,1-4H3,(H,24,25,27)/b16-12-. The van der Waals surface area contributed by atoms with Crippen molar-refractivity contribution in [2.75, 3.05) is 24.6 Å². The topological polar surface area (TPSA) is 75.3 Å². The van der Waals surface area contributed by atoms with Gasteiger partial charge in [-0.2, -0.15) is 0 Å². The number of esters is 1. The quantitative estimate of drug-likeness (QED) is 0.515. The summed E-state index contributed by atoms with van der Waals surface area (Å²) in [5.41, 5.74) is 2.28. The number of ether oxygens (including phenoxy) is 1. The Labute approximate surface area is 184 Å². The van der Waals surface area contributed by atoms with Crippen LogP contribution in [0, 0.1) is 6.92 Å². The average molecular weight is 446 g/mol. The number of benzene rings is 1. The van der Waals surface area contributed by atoms with Crippen LogP contribution in [0.25, 0.3) is 21.3 Å². The summed E-state index contributed by atoms with van der Waals surface area (Å²) in [5, 5.41) is 0.702. The van der Waals surface area contributed by atoms with Gasteiger partial charge in [0.1, 0.15) is 9.71 Å². The summed E-state index contributed by atoms with van der Waals surface area (Å²) >= 11 is 7.60. The highest BCUT2D eigenvalue weighted by Crippen LogP contribution is 2.29. The highest BCUT2D eigenvalue weighted by atomic mass is 35.5. The number of halogens is 1. The summed E-state index contributed by atoms with van der Waals surface area (Å²) < 4.78 is 5.07. The lowest BCUT2D eigenvalue weighted by Gasteiger charge is -2.20. The van der Waals surface area contributed by atoms with E-state index in [-0.39, 0.29) is 18.0 Å². The molecule has 0 aliphatic heterocycles. The number of nitrogens with one attached hydrogen (secondary N) is 1. The van der Waals surface area contributed by atoms with Crippen LogP contribution in [0.2, 0.25) is 0 Å². The summed E-state index contributed by atoms with van der Waals surface area (Å²) in [4.78, 5) is 35.0. The van der Waals surface area contributed by atoms with Crippen LogP contribution in [0.5, 0.6) is 0 Å². The maximum Gasteiger partial charge on any atom is 0.348 e. The summed E-state index contributed by atoms with van der Waals surface area (Å²) in [6.45, 7) is 9.83. The van der Waals surface area contributed by atoms with Crippen molar-refractivity contribution in [3.63, 3.8) is 0 Å². The second kappa shape index (κ2) is 9.45. The fourth-order valence-electron chi connectivity index (χ4n) is 3.23. The van der Waals surface area contributed by atoms with Crippen molar-refractivity contribution in [3.05, 3.63) is 56.4 Å². The van der Waals surface area contributed by atoms with Crippen LogP contribution in [0.15, 0.2) is 29.1 Å². The van der Waals surface area contributed by atoms with Gasteiger partial charge in [0, 0.05) is 18.8 Å². The fraction of sp³-hybridized carbons (Fsp3) is 0.318. The zero-order valence-electron chi connectivity index (χ0n) is 17.4. The van der Waals surface area contributed by atoms with Crippen LogP contribution in [0.4, 0.5) is 5.69 Å². The first-order chi connectivity index (χ1) is 14.4. The minimum atomic E-state index is -0.450. The summed E-state index contributed by atoms with van der Waals surface area (Å²) in [6, 6.07) is 8.02. The molecule has 0 unspecified atom stereocenters. The van der Waals surface area contributed by atoms with E-state index in [0.29, 0.717) is 25.7 Å². The lowest BCUT2D eigenvalue weighted by molar-refractivity contribution is 0.0531. The highest BCUT2D eigenvalue weighted by Gasteiger charge is 2.20. The number of aryl methyl sites for hydroxylation is 1. The molecule has 2 aromatic heterocycles. The van der Waals surface area contributed by atoms with E-state index in [1.165, 1.54) is 0 Å². The Morgan fingerprint density at radius 3 is 2.50 bits per heavy atom. The molecule has 0 saturated carbocycles. The van der Waals surface area contributed by atoms with E-state index >= 15 is 0 Å². The van der Waals surface area contributed by atoms with Gasteiger partial charge in [0.25, 0.3) is 5.56 Å². The minimum absolute atomic E-state index is 0.263. The molecule has 0 radical (unpaired) electrons. The second-order valence-electron chi connectivity index (χ2n) is 6.63. The number of aromatic amines is 1. The lowest BCUT2D eigenvalue weighted by Crippen LogP contribution is -2.21. The van der Waals surface area contributed by atoms with Crippen molar-refractivity contribution in [2.24, 2.45) is 0 Å². The molecule has 8 heteroatoms. The monoisotopic (exact) mass is 445 g/mol. The van der Waals surface area contributed by atoms with Crippen molar-refractivity contribution >= 4 is 55.9 Å². The van der Waals surface area contributed by atoms with Gasteiger partial charge in [0.15, 0.2) is 5.82 Å². The minimum Gasteiger partial charge on any atom is -0.462 e. The Morgan fingerprint density at radius 1 is 1.23 bits per heavy atom. The Hall–Kier alpha value is -2.64. The van der Waals surface area contributed by atoms with Crippen molar-refractivity contribution in [1.29, 1.82) is 0 Å². The number of carbonyl (C=O) groups is 1. The number of fused-ring (bicyclic) bond motifs is 1. The van der Waals surface area contributed by atoms with E-state index in [1.807, 2.05) is 24.3 Å². The van der Waals surface area contributed by atoms with Gasteiger partial charge in [-0.1, -0.05) is 23.7 Å². The Morgan fingerprint density at radius 2 is 1.90 bits per heavy atom. The van der Waals surface area contributed by atoms with E-state index in [1.54, 1.807) is 19.9 Å². The van der Waals surface area contributed by atoms with E-state index in [0.717, 1.165) is 35.7 Å². The molecule has 6 nitrogen and oxygen atoms in total. The molecule has 0 atom stereocenters. The van der Waals surface area contributed by atoms with Crippen molar-refractivity contribution < 1.29 is 9.53 Å². The van der Waals surface area contributed by atoms with E-state index in [4.69, 9.17) is 16.3 Å². The van der Waals surface area contributed by atoms with Gasteiger partial charge in [-0.25, -0.2) is 9.78 Å². The molecule has 1 N–H and O–H groups in total. The van der Waals surface area contributed by atoms with Gasteiger partial charge >= 0.3 is 5.97 Å². The first kappa shape index (κ1) is 22.1. The second-order valence-corrected chi connectivity index (χ2v) is 8.03. The molecule has 0 aliphatic carbocycles. The van der Waals surface area contributed by atoms with Gasteiger partial charge in [0.05, 0.1) is 17.0 Å².